The highest BCUT2D eigenvalue weighted by atomic mass is 16.6. The van der Waals surface area contributed by atoms with Gasteiger partial charge in [-0.3, -0.25) is 0 Å². The van der Waals surface area contributed by atoms with E-state index >= 15 is 0 Å². The molecule has 0 aromatic carbocycles. The third-order valence-corrected chi connectivity index (χ3v) is 4.99. The maximum absolute atomic E-state index is 12.0. The summed E-state index contributed by atoms with van der Waals surface area (Å²) in [4.78, 5) is 16.3. The van der Waals surface area contributed by atoms with Crippen molar-refractivity contribution in [1.29, 1.82) is 0 Å². The van der Waals surface area contributed by atoms with Crippen LogP contribution in [0.4, 0.5) is 4.79 Å². The summed E-state index contributed by atoms with van der Waals surface area (Å²) < 4.78 is 5.45. The monoisotopic (exact) mass is 295 g/mol. The highest BCUT2D eigenvalue weighted by molar-refractivity contribution is 5.69. The normalized spacial score (nSPS) is 33.9. The summed E-state index contributed by atoms with van der Waals surface area (Å²) in [6.07, 6.45) is 2.36. The molecule has 1 amide bonds. The van der Waals surface area contributed by atoms with E-state index in [-0.39, 0.29) is 6.09 Å². The Morgan fingerprint density at radius 3 is 2.24 bits per heavy atom. The van der Waals surface area contributed by atoms with Crippen LogP contribution in [-0.4, -0.2) is 66.8 Å². The summed E-state index contributed by atoms with van der Waals surface area (Å²) in [6, 6.07) is 1.31. The molecule has 2 saturated heterocycles. The van der Waals surface area contributed by atoms with Gasteiger partial charge in [0.2, 0.25) is 0 Å². The number of piperidine rings is 2. The number of hydrogen-bond donors (Lipinski definition) is 1. The van der Waals surface area contributed by atoms with Crippen molar-refractivity contribution in [2.45, 2.75) is 51.3 Å². The van der Waals surface area contributed by atoms with Gasteiger partial charge in [0.05, 0.1) is 0 Å². The average molecular weight is 295 g/mol. The van der Waals surface area contributed by atoms with Crippen molar-refractivity contribution in [3.05, 3.63) is 0 Å². The van der Waals surface area contributed by atoms with Crippen LogP contribution in [0.3, 0.4) is 0 Å². The smallest absolute Gasteiger partial charge is 0.410 e. The molecule has 3 aliphatic rings. The van der Waals surface area contributed by atoms with Crippen LogP contribution in [0.15, 0.2) is 0 Å². The molecule has 0 radical (unpaired) electrons. The lowest BCUT2D eigenvalue weighted by Gasteiger charge is -2.31. The van der Waals surface area contributed by atoms with E-state index in [4.69, 9.17) is 4.74 Å². The lowest BCUT2D eigenvalue weighted by Crippen LogP contribution is -2.45. The van der Waals surface area contributed by atoms with E-state index in [1.807, 2.05) is 25.7 Å². The van der Waals surface area contributed by atoms with E-state index in [2.05, 4.69) is 17.3 Å². The van der Waals surface area contributed by atoms with Gasteiger partial charge in [-0.1, -0.05) is 0 Å². The molecule has 120 valence electrons. The second kappa shape index (κ2) is 5.43. The number of hydrogen-bond acceptors (Lipinski definition) is 4. The lowest BCUT2D eigenvalue weighted by molar-refractivity contribution is 0.0268. The van der Waals surface area contributed by atoms with Crippen LogP contribution in [-0.2, 0) is 4.74 Å². The van der Waals surface area contributed by atoms with Gasteiger partial charge in [0, 0.05) is 25.2 Å². The van der Waals surface area contributed by atoms with Crippen LogP contribution in [0.5, 0.6) is 0 Å². The third kappa shape index (κ3) is 3.51. The van der Waals surface area contributed by atoms with Crippen LogP contribution < -0.4 is 5.32 Å². The summed E-state index contributed by atoms with van der Waals surface area (Å²) in [5, 5.41) is 3.82. The van der Waals surface area contributed by atoms with Crippen LogP contribution in [0.2, 0.25) is 0 Å². The van der Waals surface area contributed by atoms with Crippen molar-refractivity contribution >= 4 is 6.09 Å². The van der Waals surface area contributed by atoms with Gasteiger partial charge in [-0.15, -0.1) is 0 Å². The largest absolute Gasteiger partial charge is 0.444 e. The SMILES string of the molecule is CN1CCC(NC2C3CN(C(=O)OC(C)(C)C)CC32)CC1. The molecule has 5 nitrogen and oxygen atoms in total. The first-order valence-corrected chi connectivity index (χ1v) is 8.26. The average Bonchev–Trinajstić information content (AvgIpc) is 2.83. The summed E-state index contributed by atoms with van der Waals surface area (Å²) >= 11 is 0. The molecule has 2 aliphatic heterocycles. The van der Waals surface area contributed by atoms with Crippen LogP contribution in [0.25, 0.3) is 0 Å². The molecule has 2 heterocycles. The Morgan fingerprint density at radius 2 is 1.71 bits per heavy atom. The minimum absolute atomic E-state index is 0.146. The van der Waals surface area contributed by atoms with Gasteiger partial charge in [-0.2, -0.15) is 0 Å². The van der Waals surface area contributed by atoms with Crippen LogP contribution in [0.1, 0.15) is 33.6 Å². The molecule has 21 heavy (non-hydrogen) atoms. The van der Waals surface area contributed by atoms with Gasteiger partial charge in [0.25, 0.3) is 0 Å². The third-order valence-electron chi connectivity index (χ3n) is 4.99. The predicted molar refractivity (Wildman–Crippen MR) is 82.2 cm³/mol. The van der Waals surface area contributed by atoms with E-state index in [1.165, 1.54) is 25.9 Å². The fourth-order valence-corrected chi connectivity index (χ4v) is 3.70. The fraction of sp³-hybridized carbons (Fsp3) is 0.938. The number of amides is 1. The number of likely N-dealkylation sites (tertiary alicyclic amines) is 2. The summed E-state index contributed by atoms with van der Waals surface area (Å²) in [5.41, 5.74) is -0.393. The molecule has 0 aromatic heterocycles. The maximum Gasteiger partial charge on any atom is 0.410 e. The molecular formula is C16H29N3O2. The lowest BCUT2D eigenvalue weighted by atomic mass is 10.1. The highest BCUT2D eigenvalue weighted by Crippen LogP contribution is 2.46. The number of nitrogens with one attached hydrogen (secondary N) is 1. The minimum Gasteiger partial charge on any atom is -0.444 e. The summed E-state index contributed by atoms with van der Waals surface area (Å²) in [7, 11) is 2.20. The Labute approximate surface area is 128 Å². The van der Waals surface area contributed by atoms with Gasteiger partial charge in [-0.05, 0) is 65.6 Å². The number of ether oxygens (including phenoxy) is 1. The van der Waals surface area contributed by atoms with Crippen molar-refractivity contribution in [3.63, 3.8) is 0 Å². The Morgan fingerprint density at radius 1 is 1.14 bits per heavy atom. The summed E-state index contributed by atoms with van der Waals surface area (Å²) in [6.45, 7) is 9.89. The number of fused-ring (bicyclic) bond motifs is 1. The van der Waals surface area contributed by atoms with Crippen molar-refractivity contribution < 1.29 is 9.53 Å². The second-order valence-electron chi connectivity index (χ2n) is 7.98. The van der Waals surface area contributed by atoms with Gasteiger partial charge in [-0.25, -0.2) is 4.79 Å². The first-order valence-electron chi connectivity index (χ1n) is 8.26. The zero-order valence-electron chi connectivity index (χ0n) is 13.8. The molecule has 1 aliphatic carbocycles. The Bertz CT molecular complexity index is 387. The standard InChI is InChI=1S/C16H29N3O2/c1-16(2,3)21-15(20)19-9-12-13(10-19)14(12)17-11-5-7-18(4)8-6-11/h11-14,17H,5-10H2,1-4H3. The number of rotatable bonds is 2. The molecule has 3 fully saturated rings. The zero-order chi connectivity index (χ0) is 15.2. The highest BCUT2D eigenvalue weighted by Gasteiger charge is 2.57. The Hall–Kier alpha value is -0.810. The van der Waals surface area contributed by atoms with E-state index in [9.17, 15) is 4.79 Å². The van der Waals surface area contributed by atoms with E-state index in [0.717, 1.165) is 13.1 Å². The topological polar surface area (TPSA) is 44.8 Å². The fourth-order valence-electron chi connectivity index (χ4n) is 3.70. The van der Waals surface area contributed by atoms with Gasteiger partial charge < -0.3 is 19.9 Å². The molecule has 2 atom stereocenters. The Balaban J connectivity index is 1.41. The molecule has 5 heteroatoms. The second-order valence-corrected chi connectivity index (χ2v) is 7.98. The zero-order valence-corrected chi connectivity index (χ0v) is 13.8. The number of carbonyl (C=O) groups is 1. The number of nitrogens with zero attached hydrogens (tertiary/aromatic N) is 2. The van der Waals surface area contributed by atoms with Crippen molar-refractivity contribution in [2.24, 2.45) is 11.8 Å². The molecule has 3 rings (SSSR count). The molecule has 1 N–H and O–H groups in total. The van der Waals surface area contributed by atoms with E-state index < -0.39 is 5.60 Å². The molecule has 0 bridgehead atoms. The first-order chi connectivity index (χ1) is 9.83. The molecule has 2 unspecified atom stereocenters. The summed E-state index contributed by atoms with van der Waals surface area (Å²) in [5.74, 6) is 1.30. The molecule has 0 spiro atoms. The Kier molecular flexibility index (Phi) is 3.91. The van der Waals surface area contributed by atoms with Gasteiger partial charge in [0.15, 0.2) is 0 Å². The van der Waals surface area contributed by atoms with Crippen molar-refractivity contribution in [1.82, 2.24) is 15.1 Å². The molecule has 0 aromatic rings. The van der Waals surface area contributed by atoms with Crippen molar-refractivity contribution in [2.75, 3.05) is 33.2 Å². The predicted octanol–water partition coefficient (Wildman–Crippen LogP) is 1.54. The quantitative estimate of drug-likeness (QED) is 0.839. The van der Waals surface area contributed by atoms with E-state index in [1.54, 1.807) is 0 Å². The molecular weight excluding hydrogens is 266 g/mol. The van der Waals surface area contributed by atoms with Crippen LogP contribution >= 0.6 is 0 Å². The van der Waals surface area contributed by atoms with Gasteiger partial charge in [0.1, 0.15) is 5.60 Å². The molecule has 1 saturated carbocycles. The first kappa shape index (κ1) is 15.1. The minimum atomic E-state index is -0.393. The maximum atomic E-state index is 12.0. The van der Waals surface area contributed by atoms with Gasteiger partial charge >= 0.3 is 6.09 Å². The van der Waals surface area contributed by atoms with Crippen LogP contribution in [0, 0.1) is 11.8 Å². The number of carbonyl (C=O) groups excluding carboxylic acids is 1. The van der Waals surface area contributed by atoms with Crippen molar-refractivity contribution in [3.8, 4) is 0 Å². The van der Waals surface area contributed by atoms with E-state index in [0.29, 0.717) is 23.9 Å².